The summed E-state index contributed by atoms with van der Waals surface area (Å²) in [6.07, 6.45) is 9.49. The van der Waals surface area contributed by atoms with Crippen LogP contribution in [0, 0.1) is 24.6 Å². The zero-order valence-corrected chi connectivity index (χ0v) is 21.2. The number of hydrogen-bond acceptors (Lipinski definition) is 7. The molecule has 4 aromatic rings. The lowest BCUT2D eigenvalue weighted by atomic mass is 10.1. The Bertz CT molecular complexity index is 1690. The Labute approximate surface area is 219 Å². The van der Waals surface area contributed by atoms with Gasteiger partial charge in [0.2, 0.25) is 0 Å². The van der Waals surface area contributed by atoms with Crippen LogP contribution in [0.3, 0.4) is 0 Å². The van der Waals surface area contributed by atoms with E-state index in [4.69, 9.17) is 10.7 Å². The summed E-state index contributed by atoms with van der Waals surface area (Å²) in [4.78, 5) is 30.9. The molecule has 0 fully saturated rings. The first-order chi connectivity index (χ1) is 18.3. The van der Waals surface area contributed by atoms with Crippen LogP contribution in [0.4, 0.5) is 16.0 Å². The van der Waals surface area contributed by atoms with Gasteiger partial charge in [-0.25, -0.2) is 24.3 Å². The number of para-hydroxylation sites is 1. The normalized spacial score (nSPS) is 12.3. The average Bonchev–Trinajstić information content (AvgIpc) is 2.91. The number of allylic oxidation sites excluding steroid dienone is 5. The number of aromatic nitrogens is 5. The van der Waals surface area contributed by atoms with Gasteiger partial charge in [0, 0.05) is 5.70 Å². The molecule has 38 heavy (non-hydrogen) atoms. The first kappa shape index (κ1) is 26.0. The van der Waals surface area contributed by atoms with Crippen LogP contribution in [0.25, 0.3) is 16.6 Å². The zero-order chi connectivity index (χ0) is 27.2. The fourth-order valence-electron chi connectivity index (χ4n) is 3.82. The number of nitrogens with zero attached hydrogens (tertiary/aromatic N) is 5. The highest BCUT2D eigenvalue weighted by molar-refractivity contribution is 5.82. The quantitative estimate of drug-likeness (QED) is 0.285. The summed E-state index contributed by atoms with van der Waals surface area (Å²) in [6.45, 7) is 9.56. The standard InChI is InChI=1S/C29H26FN7O/c1-5-7-10-22(6-2)37-28(36-25-18(3)9-8-11-23(25)29(37)38)19(4)35-27-24(26(31)33-17-34-27)15-14-21-13-12-20(30)16-32-21/h5-13,16-17,19H,2H2,1,3-4H3,(H3,31,33,34,35)/b7-5-,22-10+. The molecule has 0 aliphatic heterocycles. The molecule has 3 aromatic heterocycles. The van der Waals surface area contributed by atoms with E-state index in [1.54, 1.807) is 18.2 Å². The molecule has 0 saturated heterocycles. The third kappa shape index (κ3) is 5.34. The molecule has 1 unspecified atom stereocenters. The molecule has 8 nitrogen and oxygen atoms in total. The number of benzene rings is 1. The zero-order valence-electron chi connectivity index (χ0n) is 21.2. The lowest BCUT2D eigenvalue weighted by Crippen LogP contribution is -2.28. The molecule has 9 heteroatoms. The average molecular weight is 508 g/mol. The summed E-state index contributed by atoms with van der Waals surface area (Å²) < 4.78 is 14.7. The Hall–Kier alpha value is -5.10. The molecule has 0 aliphatic carbocycles. The number of nitrogen functional groups attached to an aromatic ring is 1. The van der Waals surface area contributed by atoms with Crippen LogP contribution in [0.2, 0.25) is 0 Å². The SMILES string of the molecule is C=C/C(=C\C=C/C)n1c(C(C)Nc2ncnc(N)c2C#Cc2ccc(F)cn2)nc2c(C)cccc2c1=O. The van der Waals surface area contributed by atoms with E-state index < -0.39 is 11.9 Å². The molecule has 0 bridgehead atoms. The summed E-state index contributed by atoms with van der Waals surface area (Å²) in [6, 6.07) is 7.72. The number of pyridine rings is 1. The molecule has 3 heterocycles. The number of rotatable bonds is 6. The Morgan fingerprint density at radius 3 is 2.74 bits per heavy atom. The van der Waals surface area contributed by atoms with E-state index in [0.29, 0.717) is 39.5 Å². The number of halogens is 1. The number of nitrogens with one attached hydrogen (secondary N) is 1. The van der Waals surface area contributed by atoms with Crippen LogP contribution < -0.4 is 16.6 Å². The number of hydrogen-bond donors (Lipinski definition) is 2. The Balaban J connectivity index is 1.84. The number of anilines is 2. The van der Waals surface area contributed by atoms with E-state index in [9.17, 15) is 9.18 Å². The molecule has 190 valence electrons. The summed E-state index contributed by atoms with van der Waals surface area (Å²) in [5, 5.41) is 3.78. The fourth-order valence-corrected chi connectivity index (χ4v) is 3.82. The molecule has 1 atom stereocenters. The monoisotopic (exact) mass is 507 g/mol. The van der Waals surface area contributed by atoms with Gasteiger partial charge in [0.05, 0.1) is 23.1 Å². The second-order valence-electron chi connectivity index (χ2n) is 8.36. The van der Waals surface area contributed by atoms with E-state index >= 15 is 0 Å². The van der Waals surface area contributed by atoms with Crippen LogP contribution in [0.1, 0.15) is 42.5 Å². The fraction of sp³-hybridized carbons (Fsp3) is 0.138. The van der Waals surface area contributed by atoms with Crippen LogP contribution in [-0.4, -0.2) is 24.5 Å². The van der Waals surface area contributed by atoms with Gasteiger partial charge in [-0.15, -0.1) is 0 Å². The van der Waals surface area contributed by atoms with Gasteiger partial charge in [-0.3, -0.25) is 9.36 Å². The van der Waals surface area contributed by atoms with Crippen molar-refractivity contribution < 1.29 is 4.39 Å². The van der Waals surface area contributed by atoms with Crippen LogP contribution >= 0.6 is 0 Å². The van der Waals surface area contributed by atoms with Crippen molar-refractivity contribution in [2.75, 3.05) is 11.1 Å². The highest BCUT2D eigenvalue weighted by Crippen LogP contribution is 2.25. The van der Waals surface area contributed by atoms with Crippen molar-refractivity contribution in [3.8, 4) is 11.8 Å². The molecule has 0 aliphatic rings. The Morgan fingerprint density at radius 1 is 1.21 bits per heavy atom. The molecule has 0 saturated carbocycles. The van der Waals surface area contributed by atoms with Gasteiger partial charge in [-0.2, -0.15) is 0 Å². The maximum absolute atomic E-state index is 13.7. The third-order valence-corrected chi connectivity index (χ3v) is 5.71. The van der Waals surface area contributed by atoms with Crippen molar-refractivity contribution in [1.29, 1.82) is 0 Å². The van der Waals surface area contributed by atoms with E-state index in [2.05, 4.69) is 38.7 Å². The van der Waals surface area contributed by atoms with Gasteiger partial charge >= 0.3 is 0 Å². The van der Waals surface area contributed by atoms with E-state index in [0.717, 1.165) is 11.8 Å². The molecule has 4 rings (SSSR count). The maximum atomic E-state index is 13.7. The van der Waals surface area contributed by atoms with E-state index in [-0.39, 0.29) is 11.4 Å². The lowest BCUT2D eigenvalue weighted by molar-refractivity contribution is 0.621. The second-order valence-corrected chi connectivity index (χ2v) is 8.36. The van der Waals surface area contributed by atoms with Gasteiger partial charge in [0.25, 0.3) is 5.56 Å². The number of nitrogens with two attached hydrogens (primary N) is 1. The van der Waals surface area contributed by atoms with Crippen molar-refractivity contribution in [2.24, 2.45) is 0 Å². The molecule has 0 amide bonds. The first-order valence-electron chi connectivity index (χ1n) is 11.8. The van der Waals surface area contributed by atoms with E-state index in [1.807, 2.05) is 45.1 Å². The van der Waals surface area contributed by atoms with Gasteiger partial charge in [0.1, 0.15) is 40.9 Å². The molecule has 0 spiro atoms. The summed E-state index contributed by atoms with van der Waals surface area (Å²) >= 11 is 0. The molecular weight excluding hydrogens is 481 g/mol. The second kappa shape index (κ2) is 11.3. The van der Waals surface area contributed by atoms with Gasteiger partial charge < -0.3 is 11.1 Å². The van der Waals surface area contributed by atoms with Crippen LogP contribution in [0.5, 0.6) is 0 Å². The summed E-state index contributed by atoms with van der Waals surface area (Å²) in [5.74, 6) is 6.28. The van der Waals surface area contributed by atoms with Crippen molar-refractivity contribution in [3.63, 3.8) is 0 Å². The largest absolute Gasteiger partial charge is 0.382 e. The summed E-state index contributed by atoms with van der Waals surface area (Å²) in [5.41, 5.74) is 8.65. The van der Waals surface area contributed by atoms with Crippen LogP contribution in [0.15, 0.2) is 78.5 Å². The highest BCUT2D eigenvalue weighted by atomic mass is 19.1. The lowest BCUT2D eigenvalue weighted by Gasteiger charge is -2.21. The molecule has 0 radical (unpaired) electrons. The van der Waals surface area contributed by atoms with Crippen molar-refractivity contribution in [1.82, 2.24) is 24.5 Å². The van der Waals surface area contributed by atoms with Gasteiger partial charge in [0.15, 0.2) is 0 Å². The molecular formula is C29H26FN7O. The number of fused-ring (bicyclic) bond motifs is 1. The van der Waals surface area contributed by atoms with Gasteiger partial charge in [-0.05, 0) is 62.6 Å². The maximum Gasteiger partial charge on any atom is 0.266 e. The highest BCUT2D eigenvalue weighted by Gasteiger charge is 2.20. The Kier molecular flexibility index (Phi) is 7.73. The van der Waals surface area contributed by atoms with Crippen molar-refractivity contribution >= 4 is 28.2 Å². The van der Waals surface area contributed by atoms with Crippen LogP contribution in [-0.2, 0) is 0 Å². The predicted molar refractivity (Wildman–Crippen MR) is 149 cm³/mol. The Morgan fingerprint density at radius 2 is 2.03 bits per heavy atom. The predicted octanol–water partition coefficient (Wildman–Crippen LogP) is 4.79. The van der Waals surface area contributed by atoms with Crippen molar-refractivity contribution in [3.05, 3.63) is 113 Å². The molecule has 1 aromatic carbocycles. The first-order valence-corrected chi connectivity index (χ1v) is 11.8. The van der Waals surface area contributed by atoms with Gasteiger partial charge in [-0.1, -0.05) is 36.8 Å². The topological polar surface area (TPSA) is 112 Å². The number of aryl methyl sites for hydroxylation is 1. The minimum Gasteiger partial charge on any atom is -0.382 e. The smallest absolute Gasteiger partial charge is 0.266 e. The summed E-state index contributed by atoms with van der Waals surface area (Å²) in [7, 11) is 0. The van der Waals surface area contributed by atoms with E-state index in [1.165, 1.54) is 23.0 Å². The third-order valence-electron chi connectivity index (χ3n) is 5.71. The minimum absolute atomic E-state index is 0.156. The molecule has 3 N–H and O–H groups in total. The van der Waals surface area contributed by atoms with Crippen molar-refractivity contribution in [2.45, 2.75) is 26.8 Å². The minimum atomic E-state index is -0.514.